The highest BCUT2D eigenvalue weighted by Gasteiger charge is 2.87. The van der Waals surface area contributed by atoms with Gasteiger partial charge in [0.05, 0.1) is 17.1 Å². The Labute approximate surface area is 127 Å². The van der Waals surface area contributed by atoms with Gasteiger partial charge in [0.1, 0.15) is 0 Å². The number of phenols is 1. The standard InChI is InChI=1S/C17H17NO4/c1-18-14-15(18)6-8-2-3-9(19)12-11(8)16(7-15)13(22-12)10(20)4-5-17(14,16)21/h2-3,13-14,19,21H,4-7H2,1H3/t13-,14?,15?,16?,17+,18?/m0/s1. The monoisotopic (exact) mass is 299 g/mol. The van der Waals surface area contributed by atoms with Gasteiger partial charge in [0.2, 0.25) is 0 Å². The average molecular weight is 299 g/mol. The Bertz CT molecular complexity index is 791. The third-order valence-electron chi connectivity index (χ3n) is 7.23. The fourth-order valence-electron chi connectivity index (χ4n) is 6.49. The molecule has 1 aromatic carbocycles. The summed E-state index contributed by atoms with van der Waals surface area (Å²) in [5, 5.41) is 21.9. The highest BCUT2D eigenvalue weighted by atomic mass is 16.5. The second-order valence-corrected chi connectivity index (χ2v) is 7.78. The molecule has 6 rings (SSSR count). The molecule has 3 aliphatic carbocycles. The number of hydrogen-bond acceptors (Lipinski definition) is 5. The lowest BCUT2D eigenvalue weighted by Crippen LogP contribution is -2.64. The zero-order chi connectivity index (χ0) is 15.1. The quantitative estimate of drug-likeness (QED) is 0.683. The Morgan fingerprint density at radius 2 is 2.23 bits per heavy atom. The Kier molecular flexibility index (Phi) is 1.58. The van der Waals surface area contributed by atoms with Gasteiger partial charge in [-0.3, -0.25) is 9.69 Å². The number of benzene rings is 1. The molecule has 2 heterocycles. The average Bonchev–Trinajstić information content (AvgIpc) is 2.82. The van der Waals surface area contributed by atoms with Crippen molar-refractivity contribution in [3.8, 4) is 11.5 Å². The van der Waals surface area contributed by atoms with Crippen molar-refractivity contribution in [3.05, 3.63) is 23.3 Å². The Morgan fingerprint density at radius 3 is 3.05 bits per heavy atom. The van der Waals surface area contributed by atoms with E-state index in [2.05, 4.69) is 11.9 Å². The lowest BCUT2D eigenvalue weighted by atomic mass is 9.57. The number of carbonyl (C=O) groups excluding carboxylic acids is 1. The molecule has 2 spiro atoms. The number of ketones is 1. The van der Waals surface area contributed by atoms with Crippen LogP contribution in [-0.4, -0.2) is 51.2 Å². The van der Waals surface area contributed by atoms with Gasteiger partial charge in [0.15, 0.2) is 23.4 Å². The van der Waals surface area contributed by atoms with Crippen LogP contribution in [0.5, 0.6) is 11.5 Å². The molecule has 22 heavy (non-hydrogen) atoms. The molecular formula is C17H17NO4. The number of hydrogen-bond donors (Lipinski definition) is 2. The van der Waals surface area contributed by atoms with E-state index >= 15 is 0 Å². The summed E-state index contributed by atoms with van der Waals surface area (Å²) < 4.78 is 5.95. The van der Waals surface area contributed by atoms with Crippen molar-refractivity contribution in [3.63, 3.8) is 0 Å². The minimum atomic E-state index is -0.926. The maximum atomic E-state index is 12.5. The molecule has 1 saturated heterocycles. The van der Waals surface area contributed by atoms with Crippen LogP contribution in [0.2, 0.25) is 0 Å². The Morgan fingerprint density at radius 1 is 1.41 bits per heavy atom. The largest absolute Gasteiger partial charge is 0.504 e. The fourth-order valence-corrected chi connectivity index (χ4v) is 6.49. The molecule has 5 aliphatic rings. The summed E-state index contributed by atoms with van der Waals surface area (Å²) in [5.41, 5.74) is 0.430. The first-order valence-corrected chi connectivity index (χ1v) is 7.96. The number of aromatic hydroxyl groups is 1. The number of likely N-dealkylation sites (N-methyl/N-ethyl adjacent to an activating group) is 1. The van der Waals surface area contributed by atoms with Gasteiger partial charge in [-0.1, -0.05) is 6.07 Å². The summed E-state index contributed by atoms with van der Waals surface area (Å²) in [4.78, 5) is 14.8. The summed E-state index contributed by atoms with van der Waals surface area (Å²) in [6.07, 6.45) is 1.85. The van der Waals surface area contributed by atoms with Crippen LogP contribution in [0.3, 0.4) is 0 Å². The fraction of sp³-hybridized carbons (Fsp3) is 0.588. The van der Waals surface area contributed by atoms with E-state index < -0.39 is 17.1 Å². The number of aliphatic hydroxyl groups is 1. The van der Waals surface area contributed by atoms with Crippen LogP contribution in [0, 0.1) is 0 Å². The number of fused-ring (bicyclic) bond motifs is 1. The van der Waals surface area contributed by atoms with Crippen LogP contribution >= 0.6 is 0 Å². The summed E-state index contributed by atoms with van der Waals surface area (Å²) in [6, 6.07) is 3.70. The summed E-state index contributed by atoms with van der Waals surface area (Å²) in [5.74, 6) is 0.588. The maximum absolute atomic E-state index is 12.5. The number of likely N-dealkylation sites (tertiary alicyclic amines) is 1. The zero-order valence-corrected chi connectivity index (χ0v) is 12.3. The van der Waals surface area contributed by atoms with Gasteiger partial charge >= 0.3 is 0 Å². The first kappa shape index (κ1) is 11.9. The van der Waals surface area contributed by atoms with Crippen molar-refractivity contribution in [2.24, 2.45) is 0 Å². The van der Waals surface area contributed by atoms with E-state index in [9.17, 15) is 15.0 Å². The smallest absolute Gasteiger partial charge is 0.174 e. The summed E-state index contributed by atoms with van der Waals surface area (Å²) in [7, 11) is 2.07. The second-order valence-electron chi connectivity index (χ2n) is 7.78. The van der Waals surface area contributed by atoms with E-state index in [0.29, 0.717) is 18.6 Å². The van der Waals surface area contributed by atoms with Gasteiger partial charge in [-0.2, -0.15) is 0 Å². The van der Waals surface area contributed by atoms with Gasteiger partial charge in [-0.05, 0) is 37.9 Å². The molecule has 5 heteroatoms. The lowest BCUT2D eigenvalue weighted by molar-refractivity contribution is -0.149. The number of nitrogens with zero attached hydrogens (tertiary/aromatic N) is 1. The van der Waals surface area contributed by atoms with E-state index in [4.69, 9.17) is 4.74 Å². The molecule has 1 aromatic rings. The number of carbonyl (C=O) groups is 1. The van der Waals surface area contributed by atoms with E-state index in [0.717, 1.165) is 24.0 Å². The molecule has 114 valence electrons. The van der Waals surface area contributed by atoms with Crippen LogP contribution in [0.25, 0.3) is 0 Å². The van der Waals surface area contributed by atoms with Crippen molar-refractivity contribution in [2.75, 3.05) is 7.05 Å². The predicted octanol–water partition coefficient (Wildman–Crippen LogP) is 0.498. The van der Waals surface area contributed by atoms with Gasteiger partial charge in [-0.15, -0.1) is 0 Å². The molecule has 2 bridgehead atoms. The van der Waals surface area contributed by atoms with E-state index in [1.807, 2.05) is 6.07 Å². The maximum Gasteiger partial charge on any atom is 0.174 e. The molecule has 3 fully saturated rings. The molecule has 0 aromatic heterocycles. The lowest BCUT2D eigenvalue weighted by Gasteiger charge is -2.49. The molecule has 5 nitrogen and oxygen atoms in total. The number of Topliss-reactive ketones (excluding diaryl/α,β-unsaturated/α-hetero) is 1. The van der Waals surface area contributed by atoms with Crippen molar-refractivity contribution in [1.29, 1.82) is 0 Å². The third kappa shape index (κ3) is 0.842. The normalized spacial score (nSPS) is 52.1. The molecule has 0 radical (unpaired) electrons. The van der Waals surface area contributed by atoms with Gasteiger partial charge in [0, 0.05) is 17.5 Å². The van der Waals surface area contributed by atoms with Crippen molar-refractivity contribution >= 4 is 5.78 Å². The number of piperidine rings is 1. The molecular weight excluding hydrogens is 282 g/mol. The van der Waals surface area contributed by atoms with Crippen LogP contribution < -0.4 is 4.74 Å². The highest BCUT2D eigenvalue weighted by Crippen LogP contribution is 2.76. The first-order chi connectivity index (χ1) is 10.5. The Balaban J connectivity index is 1.75. The predicted molar refractivity (Wildman–Crippen MR) is 76.0 cm³/mol. The van der Waals surface area contributed by atoms with E-state index in [-0.39, 0.29) is 23.1 Å². The van der Waals surface area contributed by atoms with Gasteiger partial charge in [0.25, 0.3) is 0 Å². The molecule has 2 saturated carbocycles. The first-order valence-electron chi connectivity index (χ1n) is 7.96. The minimum absolute atomic E-state index is 0.0352. The number of rotatable bonds is 0. The number of ether oxygens (including phenoxy) is 1. The SMILES string of the molecule is CN1C2C13Cc1ccc(O)c4c1C1(C3)[C@@H](O4)C(=O)CC[C@@]21O. The summed E-state index contributed by atoms with van der Waals surface area (Å²) in [6.45, 7) is 0. The van der Waals surface area contributed by atoms with Crippen LogP contribution in [-0.2, 0) is 16.6 Å². The van der Waals surface area contributed by atoms with Crippen molar-refractivity contribution in [2.45, 2.75) is 54.4 Å². The van der Waals surface area contributed by atoms with Crippen LogP contribution in [0.15, 0.2) is 12.1 Å². The highest BCUT2D eigenvalue weighted by molar-refractivity contribution is 5.90. The molecule has 6 atom stereocenters. The molecule has 0 amide bonds. The van der Waals surface area contributed by atoms with Crippen molar-refractivity contribution < 1.29 is 19.7 Å². The van der Waals surface area contributed by atoms with Gasteiger partial charge < -0.3 is 14.9 Å². The van der Waals surface area contributed by atoms with E-state index in [1.54, 1.807) is 6.07 Å². The second kappa shape index (κ2) is 2.93. The molecule has 2 N–H and O–H groups in total. The number of phenolic OH excluding ortho intramolecular Hbond substituents is 1. The zero-order valence-electron chi connectivity index (χ0n) is 12.3. The summed E-state index contributed by atoms with van der Waals surface area (Å²) >= 11 is 0. The van der Waals surface area contributed by atoms with Gasteiger partial charge in [-0.25, -0.2) is 0 Å². The minimum Gasteiger partial charge on any atom is -0.504 e. The molecule has 4 unspecified atom stereocenters. The molecule has 2 aliphatic heterocycles. The van der Waals surface area contributed by atoms with Crippen molar-refractivity contribution in [1.82, 2.24) is 4.90 Å². The van der Waals surface area contributed by atoms with E-state index in [1.165, 1.54) is 0 Å². The third-order valence-corrected chi connectivity index (χ3v) is 7.23. The topological polar surface area (TPSA) is 69.8 Å². The Hall–Kier alpha value is -1.59. The van der Waals surface area contributed by atoms with Crippen LogP contribution in [0.4, 0.5) is 0 Å². The van der Waals surface area contributed by atoms with Crippen LogP contribution in [0.1, 0.15) is 30.4 Å².